The Balaban J connectivity index is 1.29. The predicted molar refractivity (Wildman–Crippen MR) is 142 cm³/mol. The van der Waals surface area contributed by atoms with Crippen LogP contribution in [0.15, 0.2) is 59.5 Å². The highest BCUT2D eigenvalue weighted by atomic mass is 32.2. The molecule has 0 bridgehead atoms. The number of fused-ring (bicyclic) bond motifs is 1. The minimum atomic E-state index is -3.77. The monoisotopic (exact) mass is 505 g/mol. The Morgan fingerprint density at radius 1 is 0.861 bits per heavy atom. The number of rotatable bonds is 5. The minimum absolute atomic E-state index is 0.0361. The smallest absolute Gasteiger partial charge is 0.261 e. The van der Waals surface area contributed by atoms with Gasteiger partial charge in [0.1, 0.15) is 0 Å². The number of aromatic nitrogens is 2. The van der Waals surface area contributed by atoms with Gasteiger partial charge < -0.3 is 9.80 Å². The van der Waals surface area contributed by atoms with Crippen molar-refractivity contribution in [1.82, 2.24) is 10.2 Å². The van der Waals surface area contributed by atoms with Crippen LogP contribution >= 0.6 is 0 Å². The van der Waals surface area contributed by atoms with Gasteiger partial charge >= 0.3 is 0 Å². The van der Waals surface area contributed by atoms with E-state index in [0.29, 0.717) is 12.2 Å². The normalized spacial score (nSPS) is 16.2. The van der Waals surface area contributed by atoms with Gasteiger partial charge in [0.05, 0.1) is 10.6 Å². The SMILES string of the molecule is CC(=O)N1CCCc2cc(S(=O)(=O)Nc3ccc(-c4ccc(N5CCCCCC5)nn4)cc3)ccc21. The number of aryl methyl sites for hydroxylation is 1. The van der Waals surface area contributed by atoms with Gasteiger partial charge in [-0.15, -0.1) is 10.2 Å². The van der Waals surface area contributed by atoms with E-state index in [1.807, 2.05) is 24.3 Å². The number of carbonyl (C=O) groups is 1. The largest absolute Gasteiger partial charge is 0.355 e. The lowest BCUT2D eigenvalue weighted by molar-refractivity contribution is -0.116. The first kappa shape index (κ1) is 24.2. The highest BCUT2D eigenvalue weighted by Gasteiger charge is 2.23. The summed E-state index contributed by atoms with van der Waals surface area (Å²) in [6.07, 6.45) is 6.46. The lowest BCUT2D eigenvalue weighted by Crippen LogP contribution is -2.33. The zero-order chi connectivity index (χ0) is 25.1. The molecule has 0 unspecified atom stereocenters. The highest BCUT2D eigenvalue weighted by Crippen LogP contribution is 2.30. The summed E-state index contributed by atoms with van der Waals surface area (Å²) in [5.74, 6) is 0.868. The Morgan fingerprint density at radius 2 is 1.61 bits per heavy atom. The van der Waals surface area contributed by atoms with E-state index in [1.165, 1.54) is 32.6 Å². The maximum absolute atomic E-state index is 13.1. The standard InChI is InChI=1S/C27H31N5O3S/c1-20(33)32-18-6-7-22-19-24(12-14-26(22)32)36(34,35)30-23-10-8-21(9-11-23)25-13-15-27(29-28-25)31-16-4-2-3-5-17-31/h8-15,19,30H,2-7,16-18H2,1H3. The molecular weight excluding hydrogens is 474 g/mol. The second-order valence-corrected chi connectivity index (χ2v) is 11.1. The van der Waals surface area contributed by atoms with Gasteiger partial charge in [0.15, 0.2) is 5.82 Å². The van der Waals surface area contributed by atoms with Crippen molar-refractivity contribution in [3.8, 4) is 11.3 Å². The molecule has 2 aliphatic rings. The first-order valence-electron chi connectivity index (χ1n) is 12.5. The molecule has 9 heteroatoms. The van der Waals surface area contributed by atoms with Gasteiger partial charge in [-0.05, 0) is 73.7 Å². The molecule has 5 rings (SSSR count). The molecule has 36 heavy (non-hydrogen) atoms. The molecule has 0 spiro atoms. The van der Waals surface area contributed by atoms with Gasteiger partial charge in [0, 0.05) is 43.5 Å². The second kappa shape index (κ2) is 10.3. The molecule has 188 valence electrons. The molecule has 2 aromatic carbocycles. The number of anilines is 3. The van der Waals surface area contributed by atoms with E-state index in [1.54, 1.807) is 35.2 Å². The fourth-order valence-corrected chi connectivity index (χ4v) is 6.05. The molecule has 0 radical (unpaired) electrons. The maximum atomic E-state index is 13.1. The molecule has 0 saturated carbocycles. The summed E-state index contributed by atoms with van der Waals surface area (Å²) in [7, 11) is -3.77. The average Bonchev–Trinajstić information content (AvgIpc) is 3.18. The minimum Gasteiger partial charge on any atom is -0.355 e. The molecule has 1 saturated heterocycles. The molecule has 1 N–H and O–H groups in total. The number of amides is 1. The molecule has 1 aromatic heterocycles. The van der Waals surface area contributed by atoms with Crippen molar-refractivity contribution >= 4 is 33.1 Å². The van der Waals surface area contributed by atoms with E-state index in [4.69, 9.17) is 0 Å². The molecule has 1 fully saturated rings. The molecule has 2 aliphatic heterocycles. The van der Waals surface area contributed by atoms with Crippen LogP contribution in [0.3, 0.4) is 0 Å². The van der Waals surface area contributed by atoms with Crippen LogP contribution < -0.4 is 14.5 Å². The van der Waals surface area contributed by atoms with E-state index in [2.05, 4.69) is 19.8 Å². The van der Waals surface area contributed by atoms with E-state index >= 15 is 0 Å². The number of nitrogens with zero attached hydrogens (tertiary/aromatic N) is 4. The van der Waals surface area contributed by atoms with Crippen molar-refractivity contribution in [2.24, 2.45) is 0 Å². The molecule has 8 nitrogen and oxygen atoms in total. The number of hydrogen-bond donors (Lipinski definition) is 1. The van der Waals surface area contributed by atoms with Crippen molar-refractivity contribution in [2.45, 2.75) is 50.3 Å². The third-order valence-electron chi connectivity index (χ3n) is 6.87. The summed E-state index contributed by atoms with van der Waals surface area (Å²) in [5, 5.41) is 8.84. The first-order valence-corrected chi connectivity index (χ1v) is 14.0. The summed E-state index contributed by atoms with van der Waals surface area (Å²) >= 11 is 0. The zero-order valence-corrected chi connectivity index (χ0v) is 21.3. The van der Waals surface area contributed by atoms with Gasteiger partial charge in [-0.3, -0.25) is 9.52 Å². The first-order chi connectivity index (χ1) is 17.4. The molecule has 0 aliphatic carbocycles. The highest BCUT2D eigenvalue weighted by molar-refractivity contribution is 7.92. The Morgan fingerprint density at radius 3 is 2.28 bits per heavy atom. The molecule has 3 heterocycles. The van der Waals surface area contributed by atoms with Crippen LogP contribution in [0.1, 0.15) is 44.6 Å². The van der Waals surface area contributed by atoms with Crippen LogP contribution in [0.5, 0.6) is 0 Å². The Kier molecular flexibility index (Phi) is 6.91. The van der Waals surface area contributed by atoms with Crippen LogP contribution in [0.2, 0.25) is 0 Å². The van der Waals surface area contributed by atoms with E-state index in [9.17, 15) is 13.2 Å². The fourth-order valence-electron chi connectivity index (χ4n) is 4.94. The lowest BCUT2D eigenvalue weighted by Gasteiger charge is -2.28. The van der Waals surface area contributed by atoms with Crippen LogP contribution in [0.4, 0.5) is 17.2 Å². The fraction of sp³-hybridized carbons (Fsp3) is 0.370. The average molecular weight is 506 g/mol. The third kappa shape index (κ3) is 5.21. The summed E-state index contributed by atoms with van der Waals surface area (Å²) in [5.41, 5.74) is 3.74. The van der Waals surface area contributed by atoms with Crippen LogP contribution in [0, 0.1) is 0 Å². The maximum Gasteiger partial charge on any atom is 0.261 e. The predicted octanol–water partition coefficient (Wildman–Crippen LogP) is 4.62. The summed E-state index contributed by atoms with van der Waals surface area (Å²) in [6, 6.07) is 16.1. The van der Waals surface area contributed by atoms with Gasteiger partial charge in [0.25, 0.3) is 10.0 Å². The summed E-state index contributed by atoms with van der Waals surface area (Å²) in [6.45, 7) is 4.22. The molecule has 1 amide bonds. The van der Waals surface area contributed by atoms with Crippen LogP contribution in [0.25, 0.3) is 11.3 Å². The Hall–Kier alpha value is -3.46. The van der Waals surface area contributed by atoms with Crippen molar-refractivity contribution in [3.63, 3.8) is 0 Å². The summed E-state index contributed by atoms with van der Waals surface area (Å²) in [4.78, 5) is 16.1. The van der Waals surface area contributed by atoms with E-state index < -0.39 is 10.0 Å². The van der Waals surface area contributed by atoms with Gasteiger partial charge in [-0.25, -0.2) is 8.42 Å². The van der Waals surface area contributed by atoms with Crippen molar-refractivity contribution in [1.29, 1.82) is 0 Å². The van der Waals surface area contributed by atoms with Gasteiger partial charge in [0.2, 0.25) is 5.91 Å². The quantitative estimate of drug-likeness (QED) is 0.544. The number of benzene rings is 2. The van der Waals surface area contributed by atoms with Crippen molar-refractivity contribution in [3.05, 3.63) is 60.2 Å². The van der Waals surface area contributed by atoms with Gasteiger partial charge in [-0.1, -0.05) is 25.0 Å². The Bertz CT molecular complexity index is 1330. The number of sulfonamides is 1. The number of hydrogen-bond acceptors (Lipinski definition) is 6. The lowest BCUT2D eigenvalue weighted by atomic mass is 10.0. The van der Waals surface area contributed by atoms with E-state index in [-0.39, 0.29) is 10.8 Å². The number of nitrogens with one attached hydrogen (secondary N) is 1. The van der Waals surface area contributed by atoms with Crippen LogP contribution in [-0.2, 0) is 21.2 Å². The molecule has 0 atom stereocenters. The third-order valence-corrected chi connectivity index (χ3v) is 8.25. The molecule has 3 aromatic rings. The van der Waals surface area contributed by atoms with Gasteiger partial charge in [-0.2, -0.15) is 0 Å². The van der Waals surface area contributed by atoms with Crippen molar-refractivity contribution < 1.29 is 13.2 Å². The number of carbonyl (C=O) groups excluding carboxylic acids is 1. The van der Waals surface area contributed by atoms with E-state index in [0.717, 1.165) is 54.3 Å². The summed E-state index contributed by atoms with van der Waals surface area (Å²) < 4.78 is 28.8. The van der Waals surface area contributed by atoms with Crippen molar-refractivity contribution in [2.75, 3.05) is 34.2 Å². The Labute approximate surface area is 212 Å². The van der Waals surface area contributed by atoms with Crippen LogP contribution in [-0.4, -0.2) is 44.2 Å². The topological polar surface area (TPSA) is 95.5 Å². The zero-order valence-electron chi connectivity index (χ0n) is 20.5. The second-order valence-electron chi connectivity index (χ2n) is 9.43. The molecular formula is C27H31N5O3S.